The van der Waals surface area contributed by atoms with E-state index >= 15 is 0 Å². The number of piperidine rings is 1. The Labute approximate surface area is 252 Å². The fourth-order valence-corrected chi connectivity index (χ4v) is 8.46. The summed E-state index contributed by atoms with van der Waals surface area (Å²) in [6, 6.07) is 23.8. The van der Waals surface area contributed by atoms with E-state index in [2.05, 4.69) is 11.0 Å². The van der Waals surface area contributed by atoms with E-state index in [0.717, 1.165) is 43.4 Å². The van der Waals surface area contributed by atoms with Gasteiger partial charge in [-0.25, -0.2) is 0 Å². The lowest BCUT2D eigenvalue weighted by atomic mass is 9.51. The van der Waals surface area contributed by atoms with Crippen LogP contribution in [0.4, 0.5) is 0 Å². The van der Waals surface area contributed by atoms with Gasteiger partial charge in [0.1, 0.15) is 6.10 Å². The van der Waals surface area contributed by atoms with Gasteiger partial charge in [0.2, 0.25) is 5.91 Å². The Kier molecular flexibility index (Phi) is 7.10. The van der Waals surface area contributed by atoms with Crippen molar-refractivity contribution in [2.24, 2.45) is 5.92 Å². The van der Waals surface area contributed by atoms with E-state index in [1.54, 1.807) is 6.08 Å². The van der Waals surface area contributed by atoms with Crippen molar-refractivity contribution in [1.29, 1.82) is 0 Å². The fourth-order valence-electron chi connectivity index (χ4n) is 8.46. The summed E-state index contributed by atoms with van der Waals surface area (Å²) in [4.78, 5) is 29.9. The van der Waals surface area contributed by atoms with Crippen LogP contribution in [0.5, 0.6) is 11.5 Å². The van der Waals surface area contributed by atoms with Crippen LogP contribution in [-0.2, 0) is 21.4 Å². The number of benzene rings is 3. The standard InChI is InChI=1S/C36H38N2O5/c1-23(39)42-31-17-14-26-21-29-27-15-16-28(37(2)32(41)18-13-24-9-5-3-6-10-24)35-36(27,33(26)34(31)43-35)19-20-38(29)22-30(40)25-11-7-4-8-12-25/h3-14,17-18,27-30,35,40H,15-16,19-22H2,1-2H3/t27-,28-,29+,30?,35-,36-/m0/s1. The van der Waals surface area contributed by atoms with Crippen molar-refractivity contribution in [2.45, 2.75) is 62.3 Å². The van der Waals surface area contributed by atoms with Gasteiger partial charge in [-0.1, -0.05) is 66.7 Å². The van der Waals surface area contributed by atoms with E-state index in [-0.39, 0.29) is 35.5 Å². The second kappa shape index (κ2) is 11.0. The lowest BCUT2D eigenvalue weighted by Gasteiger charge is -2.60. The minimum atomic E-state index is -0.564. The van der Waals surface area contributed by atoms with Gasteiger partial charge in [0.25, 0.3) is 0 Å². The lowest BCUT2D eigenvalue weighted by molar-refractivity contribution is -0.135. The zero-order chi connectivity index (χ0) is 29.7. The van der Waals surface area contributed by atoms with E-state index in [9.17, 15) is 14.7 Å². The van der Waals surface area contributed by atoms with Crippen molar-refractivity contribution in [3.8, 4) is 11.5 Å². The van der Waals surface area contributed by atoms with E-state index in [4.69, 9.17) is 9.47 Å². The van der Waals surface area contributed by atoms with Gasteiger partial charge in [0, 0.05) is 43.6 Å². The van der Waals surface area contributed by atoms with Crippen molar-refractivity contribution < 1.29 is 24.2 Å². The quantitative estimate of drug-likeness (QED) is 0.244. The number of ether oxygens (including phenoxy) is 2. The maximum absolute atomic E-state index is 13.5. The summed E-state index contributed by atoms with van der Waals surface area (Å²) in [5.41, 5.74) is 4.01. The number of aliphatic hydroxyl groups is 1. The summed E-state index contributed by atoms with van der Waals surface area (Å²) >= 11 is 0. The highest BCUT2D eigenvalue weighted by Crippen LogP contribution is 2.64. The maximum Gasteiger partial charge on any atom is 0.308 e. The molecule has 3 aromatic carbocycles. The average Bonchev–Trinajstić information content (AvgIpc) is 3.37. The van der Waals surface area contributed by atoms with Crippen molar-refractivity contribution in [1.82, 2.24) is 9.80 Å². The maximum atomic E-state index is 13.5. The molecule has 2 heterocycles. The fraction of sp³-hybridized carbons (Fsp3) is 0.389. The van der Waals surface area contributed by atoms with E-state index in [1.165, 1.54) is 18.1 Å². The number of esters is 1. The largest absolute Gasteiger partial charge is 0.483 e. The van der Waals surface area contributed by atoms with Crippen LogP contribution in [0.15, 0.2) is 78.9 Å². The molecule has 1 amide bonds. The lowest BCUT2D eigenvalue weighted by Crippen LogP contribution is -2.69. The number of hydrogen-bond donors (Lipinski definition) is 1. The van der Waals surface area contributed by atoms with Crippen LogP contribution in [0.25, 0.3) is 6.08 Å². The molecular formula is C36H38N2O5. The van der Waals surface area contributed by atoms with Crippen LogP contribution < -0.4 is 9.47 Å². The number of likely N-dealkylation sites (N-methyl/N-ethyl adjacent to an activating group) is 1. The van der Waals surface area contributed by atoms with Gasteiger partial charge < -0.3 is 19.5 Å². The number of rotatable bonds is 7. The predicted octanol–water partition coefficient (Wildman–Crippen LogP) is 4.93. The molecule has 2 bridgehead atoms. The van der Waals surface area contributed by atoms with Crippen molar-refractivity contribution in [3.05, 3.63) is 101 Å². The molecule has 6 atom stereocenters. The Morgan fingerprint density at radius 3 is 2.58 bits per heavy atom. The summed E-state index contributed by atoms with van der Waals surface area (Å²) in [6.45, 7) is 2.81. The number of likely N-dealkylation sites (tertiary alicyclic amines) is 1. The molecule has 4 aliphatic rings. The third-order valence-corrected chi connectivity index (χ3v) is 10.3. The van der Waals surface area contributed by atoms with Gasteiger partial charge in [0.05, 0.1) is 12.1 Å². The van der Waals surface area contributed by atoms with Crippen LogP contribution in [0.3, 0.4) is 0 Å². The van der Waals surface area contributed by atoms with Gasteiger partial charge in [0.15, 0.2) is 11.5 Å². The number of amides is 1. The van der Waals surface area contributed by atoms with Gasteiger partial charge in [-0.3, -0.25) is 14.5 Å². The second-order valence-electron chi connectivity index (χ2n) is 12.5. The summed E-state index contributed by atoms with van der Waals surface area (Å²) < 4.78 is 12.5. The molecule has 3 aromatic rings. The first-order chi connectivity index (χ1) is 20.9. The molecule has 1 unspecified atom stereocenters. The monoisotopic (exact) mass is 578 g/mol. The molecule has 1 saturated heterocycles. The van der Waals surface area contributed by atoms with Crippen molar-refractivity contribution in [2.75, 3.05) is 20.1 Å². The second-order valence-corrected chi connectivity index (χ2v) is 12.5. The molecule has 1 N–H and O–H groups in total. The number of nitrogens with zero attached hydrogens (tertiary/aromatic N) is 2. The smallest absolute Gasteiger partial charge is 0.308 e. The van der Waals surface area contributed by atoms with Gasteiger partial charge >= 0.3 is 5.97 Å². The molecule has 43 heavy (non-hydrogen) atoms. The molecule has 7 rings (SSSR count). The average molecular weight is 579 g/mol. The van der Waals surface area contributed by atoms with Gasteiger partial charge in [-0.05, 0) is 67.0 Å². The van der Waals surface area contributed by atoms with Gasteiger partial charge in [-0.2, -0.15) is 0 Å². The molecule has 7 heteroatoms. The summed E-state index contributed by atoms with van der Waals surface area (Å²) in [7, 11) is 1.88. The first kappa shape index (κ1) is 27.9. The molecule has 2 aliphatic carbocycles. The van der Waals surface area contributed by atoms with E-state index < -0.39 is 6.10 Å². The van der Waals surface area contributed by atoms with Crippen molar-refractivity contribution in [3.63, 3.8) is 0 Å². The number of aliphatic hydroxyl groups excluding tert-OH is 1. The topological polar surface area (TPSA) is 79.3 Å². The SMILES string of the molecule is CC(=O)Oc1ccc2c3c1O[C@H]1[C@@H](N(C)C(=O)C=Cc4ccccc4)CC[C@H]4[C@@H](C2)N(CC(O)c2ccccc2)CC[C@@]341. The summed E-state index contributed by atoms with van der Waals surface area (Å²) in [6.07, 6.45) is 6.16. The Balaban J connectivity index is 1.23. The highest BCUT2D eigenvalue weighted by atomic mass is 16.6. The zero-order valence-electron chi connectivity index (χ0n) is 24.7. The molecule has 2 fully saturated rings. The minimum absolute atomic E-state index is 0.0560. The number of carbonyl (C=O) groups is 2. The Morgan fingerprint density at radius 2 is 1.84 bits per heavy atom. The first-order valence-electron chi connectivity index (χ1n) is 15.3. The summed E-state index contributed by atoms with van der Waals surface area (Å²) in [5.74, 6) is 1.00. The zero-order valence-corrected chi connectivity index (χ0v) is 24.7. The Bertz CT molecular complexity index is 1560. The van der Waals surface area contributed by atoms with Gasteiger partial charge in [-0.15, -0.1) is 0 Å². The molecule has 7 nitrogen and oxygen atoms in total. The Morgan fingerprint density at radius 1 is 1.09 bits per heavy atom. The molecule has 0 radical (unpaired) electrons. The molecule has 2 aliphatic heterocycles. The van der Waals surface area contributed by atoms with Crippen LogP contribution in [-0.4, -0.2) is 65.1 Å². The minimum Gasteiger partial charge on any atom is -0.483 e. The number of hydrogen-bond acceptors (Lipinski definition) is 6. The predicted molar refractivity (Wildman–Crippen MR) is 164 cm³/mol. The third-order valence-electron chi connectivity index (χ3n) is 10.3. The van der Waals surface area contributed by atoms with Crippen LogP contribution in [0, 0.1) is 5.92 Å². The van der Waals surface area contributed by atoms with Crippen LogP contribution in [0.1, 0.15) is 54.5 Å². The molecular weight excluding hydrogens is 540 g/mol. The van der Waals surface area contributed by atoms with E-state index in [0.29, 0.717) is 24.0 Å². The highest BCUT2D eigenvalue weighted by molar-refractivity contribution is 5.92. The van der Waals surface area contributed by atoms with E-state index in [1.807, 2.05) is 84.8 Å². The Hall–Kier alpha value is -3.94. The summed E-state index contributed by atoms with van der Waals surface area (Å²) in [5, 5.41) is 11.2. The third kappa shape index (κ3) is 4.66. The normalized spacial score (nSPS) is 27.7. The van der Waals surface area contributed by atoms with Crippen LogP contribution >= 0.6 is 0 Å². The van der Waals surface area contributed by atoms with Crippen LogP contribution in [0.2, 0.25) is 0 Å². The molecule has 222 valence electrons. The number of β-amino-alcohol motifs (C(OH)–C–C–N with tert-alkyl or cyclic N) is 1. The molecule has 1 saturated carbocycles. The number of carbonyl (C=O) groups excluding carboxylic acids is 2. The van der Waals surface area contributed by atoms with Crippen molar-refractivity contribution >= 4 is 18.0 Å². The highest BCUT2D eigenvalue weighted by Gasteiger charge is 2.66. The first-order valence-corrected chi connectivity index (χ1v) is 15.3. The molecule has 0 aromatic heterocycles. The molecule has 1 spiro atoms.